The lowest BCUT2D eigenvalue weighted by Gasteiger charge is -2.29. The summed E-state index contributed by atoms with van der Waals surface area (Å²) in [5.74, 6) is 0.331. The van der Waals surface area contributed by atoms with Gasteiger partial charge in [-0.25, -0.2) is 9.97 Å². The molecule has 0 saturated carbocycles. The maximum atomic E-state index is 12.2. The van der Waals surface area contributed by atoms with Gasteiger partial charge < -0.3 is 15.4 Å². The second-order valence-corrected chi connectivity index (χ2v) is 8.97. The van der Waals surface area contributed by atoms with E-state index in [4.69, 9.17) is 4.74 Å². The van der Waals surface area contributed by atoms with E-state index in [2.05, 4.69) is 46.3 Å². The second-order valence-electron chi connectivity index (χ2n) is 7.05. The van der Waals surface area contributed by atoms with Crippen molar-refractivity contribution in [2.75, 3.05) is 43.5 Å². The van der Waals surface area contributed by atoms with E-state index in [1.54, 1.807) is 0 Å². The highest BCUT2D eigenvalue weighted by Gasteiger charge is 2.15. The zero-order chi connectivity index (χ0) is 19.2. The van der Waals surface area contributed by atoms with Crippen LogP contribution in [0.2, 0.25) is 0 Å². The largest absolute Gasteiger partial charge is 0.379 e. The molecule has 3 heterocycles. The van der Waals surface area contributed by atoms with E-state index in [-0.39, 0.29) is 12.3 Å². The number of hydrogen-bond donors (Lipinski definition) is 2. The Hall–Kier alpha value is -1.55. The molecule has 1 aliphatic heterocycles. The van der Waals surface area contributed by atoms with Crippen LogP contribution >= 0.6 is 22.7 Å². The molecule has 27 heavy (non-hydrogen) atoms. The molecule has 2 aromatic heterocycles. The highest BCUT2D eigenvalue weighted by molar-refractivity contribution is 7.15. The smallest absolute Gasteiger partial charge is 0.232 e. The molecule has 1 amide bonds. The number of nitrogens with zero attached hydrogens (tertiary/aromatic N) is 3. The van der Waals surface area contributed by atoms with Gasteiger partial charge in [-0.15, -0.1) is 22.7 Å². The van der Waals surface area contributed by atoms with Crippen LogP contribution in [-0.4, -0.2) is 59.7 Å². The van der Waals surface area contributed by atoms with Gasteiger partial charge in [0.1, 0.15) is 0 Å². The molecular weight excluding hydrogens is 382 g/mol. The first kappa shape index (κ1) is 20.2. The van der Waals surface area contributed by atoms with Crippen LogP contribution in [0.1, 0.15) is 37.3 Å². The summed E-state index contributed by atoms with van der Waals surface area (Å²) in [4.78, 5) is 24.6. The van der Waals surface area contributed by atoms with Crippen LogP contribution in [0.5, 0.6) is 0 Å². The lowest BCUT2D eigenvalue weighted by Crippen LogP contribution is -2.42. The fraction of sp³-hybridized carbons (Fsp3) is 0.611. The first-order chi connectivity index (χ1) is 13.0. The van der Waals surface area contributed by atoms with Crippen molar-refractivity contribution >= 4 is 38.8 Å². The van der Waals surface area contributed by atoms with Gasteiger partial charge in [-0.3, -0.25) is 9.69 Å². The van der Waals surface area contributed by atoms with Crippen molar-refractivity contribution in [3.8, 4) is 0 Å². The number of nitrogens with one attached hydrogen (secondary N) is 2. The minimum absolute atomic E-state index is 0.0853. The molecule has 2 N–H and O–H groups in total. The number of hydrogen-bond acceptors (Lipinski definition) is 8. The van der Waals surface area contributed by atoms with Crippen molar-refractivity contribution in [1.82, 2.24) is 14.9 Å². The highest BCUT2D eigenvalue weighted by Crippen LogP contribution is 2.25. The Balaban J connectivity index is 1.45. The standard InChI is InChI=1S/C18H27N5O2S2/c1-12(2)15-9-19-17(27-15)22-16(24)8-14-11-26-18(21-14)20-13(3)10-23-4-6-25-7-5-23/h9,11-13H,4-8,10H2,1-3H3,(H,20,21)(H,19,22,24). The molecule has 1 saturated heterocycles. The van der Waals surface area contributed by atoms with Crippen molar-refractivity contribution in [2.24, 2.45) is 0 Å². The molecule has 1 unspecified atom stereocenters. The van der Waals surface area contributed by atoms with Crippen molar-refractivity contribution in [2.45, 2.75) is 39.2 Å². The molecule has 0 bridgehead atoms. The summed E-state index contributed by atoms with van der Waals surface area (Å²) in [6.07, 6.45) is 2.08. The third kappa shape index (κ3) is 6.24. The van der Waals surface area contributed by atoms with Crippen molar-refractivity contribution in [3.63, 3.8) is 0 Å². The summed E-state index contributed by atoms with van der Waals surface area (Å²) in [5, 5.41) is 9.74. The molecule has 148 valence electrons. The molecular formula is C18H27N5O2S2. The lowest BCUT2D eigenvalue weighted by molar-refractivity contribution is -0.115. The van der Waals surface area contributed by atoms with E-state index in [0.717, 1.165) is 43.7 Å². The lowest BCUT2D eigenvalue weighted by atomic mass is 10.2. The van der Waals surface area contributed by atoms with Gasteiger partial charge in [-0.2, -0.15) is 0 Å². The van der Waals surface area contributed by atoms with Gasteiger partial charge >= 0.3 is 0 Å². The fourth-order valence-corrected chi connectivity index (χ4v) is 4.48. The molecule has 0 aliphatic carbocycles. The second kappa shape index (κ2) is 9.59. The Bertz CT molecular complexity index is 740. The molecule has 2 aromatic rings. The minimum atomic E-state index is -0.0853. The van der Waals surface area contributed by atoms with Crippen molar-refractivity contribution < 1.29 is 9.53 Å². The average molecular weight is 410 g/mol. The predicted octanol–water partition coefficient (Wildman–Crippen LogP) is 3.04. The van der Waals surface area contributed by atoms with E-state index in [0.29, 0.717) is 17.1 Å². The number of carbonyl (C=O) groups excluding carboxylic acids is 1. The minimum Gasteiger partial charge on any atom is -0.379 e. The highest BCUT2D eigenvalue weighted by atomic mass is 32.1. The Morgan fingerprint density at radius 1 is 1.30 bits per heavy atom. The first-order valence-electron chi connectivity index (χ1n) is 9.26. The molecule has 0 aromatic carbocycles. The number of ether oxygens (including phenoxy) is 1. The number of aromatic nitrogens is 2. The number of morpholine rings is 1. The van der Waals surface area contributed by atoms with E-state index < -0.39 is 0 Å². The predicted molar refractivity (Wildman–Crippen MR) is 111 cm³/mol. The van der Waals surface area contributed by atoms with E-state index >= 15 is 0 Å². The van der Waals surface area contributed by atoms with E-state index in [9.17, 15) is 4.79 Å². The number of thiazole rings is 2. The van der Waals surface area contributed by atoms with Gasteiger partial charge in [-0.1, -0.05) is 13.8 Å². The zero-order valence-corrected chi connectivity index (χ0v) is 17.7. The number of anilines is 2. The van der Waals surface area contributed by atoms with Gasteiger partial charge in [0.15, 0.2) is 10.3 Å². The van der Waals surface area contributed by atoms with Crippen molar-refractivity contribution in [3.05, 3.63) is 22.1 Å². The Morgan fingerprint density at radius 3 is 2.78 bits per heavy atom. The zero-order valence-electron chi connectivity index (χ0n) is 16.0. The third-order valence-electron chi connectivity index (χ3n) is 4.24. The number of amides is 1. The van der Waals surface area contributed by atoms with E-state index in [1.807, 2.05) is 11.6 Å². The van der Waals surface area contributed by atoms with Crippen LogP contribution in [0, 0.1) is 0 Å². The quantitative estimate of drug-likeness (QED) is 0.698. The molecule has 3 rings (SSSR count). The van der Waals surface area contributed by atoms with Gasteiger partial charge in [0.05, 0.1) is 25.3 Å². The Labute approximate surface area is 168 Å². The van der Waals surface area contributed by atoms with Gasteiger partial charge in [-0.05, 0) is 12.8 Å². The van der Waals surface area contributed by atoms with Crippen LogP contribution in [-0.2, 0) is 16.0 Å². The van der Waals surface area contributed by atoms with Gasteiger partial charge in [0.2, 0.25) is 5.91 Å². The number of carbonyl (C=O) groups is 1. The summed E-state index contributed by atoms with van der Waals surface area (Å²) in [6.45, 7) is 10.9. The monoisotopic (exact) mass is 409 g/mol. The summed E-state index contributed by atoms with van der Waals surface area (Å²) in [6, 6.07) is 0.292. The normalized spacial score (nSPS) is 16.4. The summed E-state index contributed by atoms with van der Waals surface area (Å²) in [5.41, 5.74) is 0.777. The van der Waals surface area contributed by atoms with Gasteiger partial charge in [0, 0.05) is 42.1 Å². The van der Waals surface area contributed by atoms with Crippen LogP contribution in [0.3, 0.4) is 0 Å². The van der Waals surface area contributed by atoms with Crippen LogP contribution in [0.4, 0.5) is 10.3 Å². The maximum Gasteiger partial charge on any atom is 0.232 e. The van der Waals surface area contributed by atoms with Crippen LogP contribution < -0.4 is 10.6 Å². The molecule has 1 fully saturated rings. The van der Waals surface area contributed by atoms with Gasteiger partial charge in [0.25, 0.3) is 0 Å². The molecule has 9 heteroatoms. The Kier molecular flexibility index (Phi) is 7.17. The topological polar surface area (TPSA) is 79.4 Å². The molecule has 0 spiro atoms. The third-order valence-corrected chi connectivity index (χ3v) is 6.27. The average Bonchev–Trinajstić information content (AvgIpc) is 3.25. The molecule has 7 nitrogen and oxygen atoms in total. The maximum absolute atomic E-state index is 12.2. The van der Waals surface area contributed by atoms with Crippen LogP contribution in [0.15, 0.2) is 11.6 Å². The molecule has 1 aliphatic rings. The summed E-state index contributed by atoms with van der Waals surface area (Å²) >= 11 is 3.06. The number of rotatable bonds is 8. The summed E-state index contributed by atoms with van der Waals surface area (Å²) < 4.78 is 5.38. The fourth-order valence-electron chi connectivity index (χ4n) is 2.82. The molecule has 1 atom stereocenters. The first-order valence-corrected chi connectivity index (χ1v) is 11.0. The summed E-state index contributed by atoms with van der Waals surface area (Å²) in [7, 11) is 0. The SMILES string of the molecule is CC(CN1CCOCC1)Nc1nc(CC(=O)Nc2ncc(C(C)C)s2)cs1. The van der Waals surface area contributed by atoms with Crippen LogP contribution in [0.25, 0.3) is 0 Å². The Morgan fingerprint density at radius 2 is 2.07 bits per heavy atom. The van der Waals surface area contributed by atoms with Crippen molar-refractivity contribution in [1.29, 1.82) is 0 Å². The molecule has 0 radical (unpaired) electrons. The van der Waals surface area contributed by atoms with E-state index in [1.165, 1.54) is 27.6 Å².